The van der Waals surface area contributed by atoms with Crippen molar-refractivity contribution in [2.75, 3.05) is 5.32 Å². The van der Waals surface area contributed by atoms with Gasteiger partial charge in [-0.2, -0.15) is 0 Å². The molecule has 1 atom stereocenters. The number of hydrogen-bond acceptors (Lipinski definition) is 2. The lowest BCUT2D eigenvalue weighted by molar-refractivity contribution is 0.0728. The van der Waals surface area contributed by atoms with Crippen LogP contribution in [0.2, 0.25) is 0 Å². The third-order valence-electron chi connectivity index (χ3n) is 4.48. The molecule has 1 aliphatic heterocycles. The molecular formula is C21H16F2N2O. The summed E-state index contributed by atoms with van der Waals surface area (Å²) in [6.07, 6.45) is -0.529. The van der Waals surface area contributed by atoms with Crippen molar-refractivity contribution >= 4 is 11.6 Å². The third-order valence-corrected chi connectivity index (χ3v) is 4.48. The number of halogens is 2. The third kappa shape index (κ3) is 2.92. The molecule has 0 saturated carbocycles. The lowest BCUT2D eigenvalue weighted by atomic mass is 10.1. The number of amides is 1. The summed E-state index contributed by atoms with van der Waals surface area (Å²) < 4.78 is 27.3. The van der Waals surface area contributed by atoms with E-state index in [0.29, 0.717) is 12.1 Å². The number of hydrogen-bond donors (Lipinski definition) is 1. The Balaban J connectivity index is 1.71. The molecule has 1 N–H and O–H groups in total. The van der Waals surface area contributed by atoms with Gasteiger partial charge in [0.05, 0.1) is 5.69 Å². The smallest absolute Gasteiger partial charge is 0.256 e. The molecule has 0 spiro atoms. The van der Waals surface area contributed by atoms with Crippen molar-refractivity contribution in [3.63, 3.8) is 0 Å². The highest BCUT2D eigenvalue weighted by Gasteiger charge is 2.36. The lowest BCUT2D eigenvalue weighted by Gasteiger charge is -2.27. The van der Waals surface area contributed by atoms with Crippen LogP contribution in [0.25, 0.3) is 0 Å². The fraction of sp³-hybridized carbons (Fsp3) is 0.0952. The second kappa shape index (κ2) is 6.59. The zero-order valence-electron chi connectivity index (χ0n) is 13.8. The second-order valence-electron chi connectivity index (χ2n) is 6.18. The van der Waals surface area contributed by atoms with Gasteiger partial charge >= 0.3 is 0 Å². The summed E-state index contributed by atoms with van der Waals surface area (Å²) in [4.78, 5) is 14.5. The Hall–Kier alpha value is -3.21. The van der Waals surface area contributed by atoms with E-state index in [-0.39, 0.29) is 11.6 Å². The minimum absolute atomic E-state index is 0.121. The van der Waals surface area contributed by atoms with Gasteiger partial charge in [-0.05, 0) is 23.8 Å². The van der Waals surface area contributed by atoms with Gasteiger partial charge in [-0.25, -0.2) is 8.78 Å². The fourth-order valence-electron chi connectivity index (χ4n) is 3.22. The molecule has 1 amide bonds. The number of anilines is 1. The van der Waals surface area contributed by atoms with Gasteiger partial charge in [-0.3, -0.25) is 4.79 Å². The molecule has 1 unspecified atom stereocenters. The maximum Gasteiger partial charge on any atom is 0.256 e. The van der Waals surface area contributed by atoms with Crippen molar-refractivity contribution < 1.29 is 13.6 Å². The van der Waals surface area contributed by atoms with E-state index < -0.39 is 17.8 Å². The van der Waals surface area contributed by atoms with E-state index in [2.05, 4.69) is 5.32 Å². The van der Waals surface area contributed by atoms with Crippen molar-refractivity contribution in [2.24, 2.45) is 0 Å². The summed E-state index contributed by atoms with van der Waals surface area (Å²) >= 11 is 0. The van der Waals surface area contributed by atoms with Crippen molar-refractivity contribution in [3.05, 3.63) is 101 Å². The maximum absolute atomic E-state index is 14.1. The number of nitrogens with zero attached hydrogens (tertiary/aromatic N) is 1. The molecular weight excluding hydrogens is 334 g/mol. The Labute approximate surface area is 149 Å². The zero-order valence-corrected chi connectivity index (χ0v) is 13.8. The van der Waals surface area contributed by atoms with Crippen LogP contribution in [0.1, 0.15) is 27.7 Å². The van der Waals surface area contributed by atoms with E-state index >= 15 is 0 Å². The van der Waals surface area contributed by atoms with E-state index in [1.807, 2.05) is 42.5 Å². The highest BCUT2D eigenvalue weighted by atomic mass is 19.1. The van der Waals surface area contributed by atoms with E-state index in [1.165, 1.54) is 12.1 Å². The average molecular weight is 350 g/mol. The summed E-state index contributed by atoms with van der Waals surface area (Å²) in [6.45, 7) is 0.384. The summed E-state index contributed by atoms with van der Waals surface area (Å²) in [5.41, 5.74) is 2.49. The summed E-state index contributed by atoms with van der Waals surface area (Å²) in [6, 6.07) is 20.2. The molecule has 0 aromatic heterocycles. The first kappa shape index (κ1) is 16.3. The van der Waals surface area contributed by atoms with Crippen LogP contribution in [0.3, 0.4) is 0 Å². The number of rotatable bonds is 4. The van der Waals surface area contributed by atoms with E-state index in [4.69, 9.17) is 0 Å². The van der Waals surface area contributed by atoms with Gasteiger partial charge in [0.1, 0.15) is 17.8 Å². The van der Waals surface area contributed by atoms with Crippen LogP contribution in [-0.4, -0.2) is 10.8 Å². The topological polar surface area (TPSA) is 32.3 Å². The quantitative estimate of drug-likeness (QED) is 0.738. The molecule has 1 heterocycles. The predicted octanol–water partition coefficient (Wildman–Crippen LogP) is 4.73. The fourth-order valence-corrected chi connectivity index (χ4v) is 3.22. The first-order valence-electron chi connectivity index (χ1n) is 8.29. The number of carbonyl (C=O) groups excluding carboxylic acids is 1. The molecule has 5 heteroatoms. The predicted molar refractivity (Wildman–Crippen MR) is 95.5 cm³/mol. The molecule has 0 radical (unpaired) electrons. The highest BCUT2D eigenvalue weighted by Crippen LogP contribution is 2.36. The Morgan fingerprint density at radius 1 is 0.923 bits per heavy atom. The number of carbonyl (C=O) groups is 1. The first-order valence-corrected chi connectivity index (χ1v) is 8.29. The van der Waals surface area contributed by atoms with Crippen LogP contribution in [0.15, 0.2) is 72.8 Å². The minimum Gasteiger partial charge on any atom is -0.359 e. The largest absolute Gasteiger partial charge is 0.359 e. The summed E-state index contributed by atoms with van der Waals surface area (Å²) in [7, 11) is 0. The minimum atomic E-state index is -0.693. The number of fused-ring (bicyclic) bond motifs is 1. The van der Waals surface area contributed by atoms with Crippen LogP contribution in [0, 0.1) is 11.6 Å². The van der Waals surface area contributed by atoms with Crippen LogP contribution in [0.4, 0.5) is 14.5 Å². The second-order valence-corrected chi connectivity index (χ2v) is 6.18. The molecule has 0 bridgehead atoms. The van der Waals surface area contributed by atoms with Gasteiger partial charge in [-0.1, -0.05) is 48.5 Å². The average Bonchev–Trinajstić information content (AvgIpc) is 2.91. The van der Waals surface area contributed by atoms with Crippen molar-refractivity contribution in [1.82, 2.24) is 4.90 Å². The molecule has 0 saturated heterocycles. The molecule has 26 heavy (non-hydrogen) atoms. The van der Waals surface area contributed by atoms with Gasteiger partial charge in [0, 0.05) is 23.7 Å². The van der Waals surface area contributed by atoms with Crippen molar-refractivity contribution in [2.45, 2.75) is 12.7 Å². The Bertz CT molecular complexity index is 959. The van der Waals surface area contributed by atoms with E-state index in [1.54, 1.807) is 17.0 Å². The van der Waals surface area contributed by atoms with Gasteiger partial charge in [0.15, 0.2) is 0 Å². The molecule has 130 valence electrons. The standard InChI is InChI=1S/C21H16F2N2O/c22-15-10-11-19(18(23)12-15)24-20-16-8-4-5-9-17(16)21(26)25(20)13-14-6-2-1-3-7-14/h1-12,20,24H,13H2. The molecule has 0 aliphatic carbocycles. The van der Waals surface area contributed by atoms with E-state index in [0.717, 1.165) is 17.2 Å². The SMILES string of the molecule is O=C1c2ccccc2C(Nc2ccc(F)cc2F)N1Cc1ccccc1. The highest BCUT2D eigenvalue weighted by molar-refractivity contribution is 5.99. The lowest BCUT2D eigenvalue weighted by Crippen LogP contribution is -2.32. The van der Waals surface area contributed by atoms with Crippen LogP contribution < -0.4 is 5.32 Å². The van der Waals surface area contributed by atoms with Gasteiger partial charge < -0.3 is 10.2 Å². The Kier molecular flexibility index (Phi) is 4.13. The molecule has 4 rings (SSSR count). The van der Waals surface area contributed by atoms with Gasteiger partial charge in [-0.15, -0.1) is 0 Å². The molecule has 3 nitrogen and oxygen atoms in total. The van der Waals surface area contributed by atoms with Gasteiger partial charge in [0.2, 0.25) is 0 Å². The normalized spacial score (nSPS) is 15.8. The van der Waals surface area contributed by atoms with Gasteiger partial charge in [0.25, 0.3) is 5.91 Å². The zero-order chi connectivity index (χ0) is 18.1. The molecule has 3 aromatic rings. The molecule has 0 fully saturated rings. The van der Waals surface area contributed by atoms with Crippen molar-refractivity contribution in [1.29, 1.82) is 0 Å². The summed E-state index contributed by atoms with van der Waals surface area (Å²) in [5, 5.41) is 3.06. The van der Waals surface area contributed by atoms with Crippen molar-refractivity contribution in [3.8, 4) is 0 Å². The number of nitrogens with one attached hydrogen (secondary N) is 1. The van der Waals surface area contributed by atoms with Crippen LogP contribution >= 0.6 is 0 Å². The maximum atomic E-state index is 14.1. The Morgan fingerprint density at radius 2 is 1.65 bits per heavy atom. The monoisotopic (exact) mass is 350 g/mol. The first-order chi connectivity index (χ1) is 12.6. The Morgan fingerprint density at radius 3 is 2.42 bits per heavy atom. The molecule has 1 aliphatic rings. The number of benzene rings is 3. The van der Waals surface area contributed by atoms with Crippen LogP contribution in [-0.2, 0) is 6.54 Å². The summed E-state index contributed by atoms with van der Waals surface area (Å²) in [5.74, 6) is -1.46. The molecule has 3 aromatic carbocycles. The van der Waals surface area contributed by atoms with Crippen LogP contribution in [0.5, 0.6) is 0 Å². The van der Waals surface area contributed by atoms with E-state index in [9.17, 15) is 13.6 Å².